The van der Waals surface area contributed by atoms with Crippen LogP contribution in [0.1, 0.15) is 21.3 Å². The number of imidazole rings is 1. The minimum absolute atomic E-state index is 0.00345. The molecule has 1 aliphatic heterocycles. The Balaban J connectivity index is 1.59. The topological polar surface area (TPSA) is 51.0 Å². The molecule has 112 valence electrons. The first-order valence-corrected chi connectivity index (χ1v) is 8.78. The lowest BCUT2D eigenvalue weighted by Crippen LogP contribution is -2.38. The molecule has 1 amide bonds. The van der Waals surface area contributed by atoms with E-state index in [-0.39, 0.29) is 5.91 Å². The normalized spacial score (nSPS) is 14.1. The Morgan fingerprint density at radius 3 is 2.95 bits per heavy atom. The maximum atomic E-state index is 12.5. The Morgan fingerprint density at radius 1 is 1.32 bits per heavy atom. The molecule has 0 unspecified atom stereocenters. The molecule has 4 heterocycles. The number of hydrogen-bond acceptors (Lipinski definition) is 5. The summed E-state index contributed by atoms with van der Waals surface area (Å²) in [7, 11) is 0. The SMILES string of the molecule is Cc1nc(C(=O)N2CCn3c(-c4cccs4)cnc3C2)cs1. The summed E-state index contributed by atoms with van der Waals surface area (Å²) in [5, 5.41) is 4.82. The number of amides is 1. The highest BCUT2D eigenvalue weighted by Gasteiger charge is 2.25. The largest absolute Gasteiger partial charge is 0.328 e. The lowest BCUT2D eigenvalue weighted by atomic mass is 10.3. The first-order valence-electron chi connectivity index (χ1n) is 7.02. The van der Waals surface area contributed by atoms with E-state index in [9.17, 15) is 4.79 Å². The molecule has 5 nitrogen and oxygen atoms in total. The van der Waals surface area contributed by atoms with Gasteiger partial charge in [0.25, 0.3) is 5.91 Å². The molecule has 0 radical (unpaired) electrons. The quantitative estimate of drug-likeness (QED) is 0.726. The predicted octanol–water partition coefficient (Wildman–Crippen LogP) is 3.03. The minimum Gasteiger partial charge on any atom is -0.328 e. The second-order valence-corrected chi connectivity index (χ2v) is 7.18. The maximum absolute atomic E-state index is 12.5. The van der Waals surface area contributed by atoms with E-state index in [0.29, 0.717) is 18.8 Å². The van der Waals surface area contributed by atoms with Crippen LogP contribution >= 0.6 is 22.7 Å². The Morgan fingerprint density at radius 2 is 2.23 bits per heavy atom. The van der Waals surface area contributed by atoms with Crippen LogP contribution in [0.15, 0.2) is 29.1 Å². The van der Waals surface area contributed by atoms with Crippen molar-refractivity contribution in [3.05, 3.63) is 45.6 Å². The van der Waals surface area contributed by atoms with Gasteiger partial charge in [-0.3, -0.25) is 4.79 Å². The van der Waals surface area contributed by atoms with E-state index in [1.165, 1.54) is 16.2 Å². The monoisotopic (exact) mass is 330 g/mol. The molecule has 3 aromatic rings. The van der Waals surface area contributed by atoms with Gasteiger partial charge in [0.2, 0.25) is 0 Å². The van der Waals surface area contributed by atoms with Crippen LogP contribution in [0.4, 0.5) is 0 Å². The number of hydrogen-bond donors (Lipinski definition) is 0. The third-order valence-electron chi connectivity index (χ3n) is 3.76. The van der Waals surface area contributed by atoms with Gasteiger partial charge in [0.05, 0.1) is 28.3 Å². The van der Waals surface area contributed by atoms with Crippen molar-refractivity contribution in [2.24, 2.45) is 0 Å². The standard InChI is InChI=1S/C15H14N4OS2/c1-10-17-11(9-22-10)15(20)18-4-5-19-12(7-16-14(19)8-18)13-3-2-6-21-13/h2-3,6-7,9H,4-5,8H2,1H3. The first kappa shape index (κ1) is 13.7. The summed E-state index contributed by atoms with van der Waals surface area (Å²) >= 11 is 3.22. The number of fused-ring (bicyclic) bond motifs is 1. The molecule has 1 aliphatic rings. The number of aryl methyl sites for hydroxylation is 1. The summed E-state index contributed by atoms with van der Waals surface area (Å²) in [4.78, 5) is 24.3. The molecule has 7 heteroatoms. The van der Waals surface area contributed by atoms with Gasteiger partial charge in [0, 0.05) is 18.5 Å². The highest BCUT2D eigenvalue weighted by Crippen LogP contribution is 2.28. The molecular weight excluding hydrogens is 316 g/mol. The van der Waals surface area contributed by atoms with Crippen molar-refractivity contribution >= 4 is 28.6 Å². The third-order valence-corrected chi connectivity index (χ3v) is 5.43. The van der Waals surface area contributed by atoms with Crippen molar-refractivity contribution in [3.8, 4) is 10.6 Å². The summed E-state index contributed by atoms with van der Waals surface area (Å²) in [6.45, 7) is 3.92. The van der Waals surface area contributed by atoms with Crippen molar-refractivity contribution < 1.29 is 4.79 Å². The summed E-state index contributed by atoms with van der Waals surface area (Å²) in [5.41, 5.74) is 1.68. The average molecular weight is 330 g/mol. The number of nitrogens with zero attached hydrogens (tertiary/aromatic N) is 4. The van der Waals surface area contributed by atoms with Gasteiger partial charge >= 0.3 is 0 Å². The van der Waals surface area contributed by atoms with Gasteiger partial charge < -0.3 is 9.47 Å². The van der Waals surface area contributed by atoms with Gasteiger partial charge in [-0.25, -0.2) is 9.97 Å². The number of rotatable bonds is 2. The smallest absolute Gasteiger partial charge is 0.273 e. The zero-order valence-electron chi connectivity index (χ0n) is 12.0. The molecule has 0 bridgehead atoms. The Kier molecular flexibility index (Phi) is 3.31. The molecule has 3 aromatic heterocycles. The third kappa shape index (κ3) is 2.26. The van der Waals surface area contributed by atoms with Gasteiger partial charge in [0.15, 0.2) is 0 Å². The van der Waals surface area contributed by atoms with Gasteiger partial charge in [-0.05, 0) is 18.4 Å². The lowest BCUT2D eigenvalue weighted by molar-refractivity contribution is 0.0702. The summed E-state index contributed by atoms with van der Waals surface area (Å²) in [6, 6.07) is 4.15. The number of thiophene rings is 1. The van der Waals surface area contributed by atoms with E-state index in [1.54, 1.807) is 11.3 Å². The fraction of sp³-hybridized carbons (Fsp3) is 0.267. The van der Waals surface area contributed by atoms with Crippen LogP contribution in [0, 0.1) is 6.92 Å². The van der Waals surface area contributed by atoms with Gasteiger partial charge in [0.1, 0.15) is 11.5 Å². The molecule has 0 saturated carbocycles. The first-order chi connectivity index (χ1) is 10.7. The molecular formula is C15H14N4OS2. The summed E-state index contributed by atoms with van der Waals surface area (Å²) in [6.07, 6.45) is 1.90. The zero-order chi connectivity index (χ0) is 15.1. The van der Waals surface area contributed by atoms with Gasteiger partial charge in [-0.1, -0.05) is 6.07 Å². The number of aromatic nitrogens is 3. The van der Waals surface area contributed by atoms with E-state index in [4.69, 9.17) is 0 Å². The highest BCUT2D eigenvalue weighted by molar-refractivity contribution is 7.13. The second-order valence-electron chi connectivity index (χ2n) is 5.17. The van der Waals surface area contributed by atoms with Crippen molar-refractivity contribution in [2.75, 3.05) is 6.54 Å². The average Bonchev–Trinajstić information content (AvgIpc) is 3.25. The van der Waals surface area contributed by atoms with Crippen molar-refractivity contribution in [1.29, 1.82) is 0 Å². The Hall–Kier alpha value is -1.99. The van der Waals surface area contributed by atoms with Crippen molar-refractivity contribution in [3.63, 3.8) is 0 Å². The molecule has 0 aromatic carbocycles. The van der Waals surface area contributed by atoms with E-state index >= 15 is 0 Å². The van der Waals surface area contributed by atoms with Crippen LogP contribution in [-0.2, 0) is 13.1 Å². The van der Waals surface area contributed by atoms with Crippen molar-refractivity contribution in [2.45, 2.75) is 20.0 Å². The van der Waals surface area contributed by atoms with Crippen LogP contribution in [0.3, 0.4) is 0 Å². The van der Waals surface area contributed by atoms with Crippen LogP contribution in [0.25, 0.3) is 10.6 Å². The predicted molar refractivity (Wildman–Crippen MR) is 87.1 cm³/mol. The highest BCUT2D eigenvalue weighted by atomic mass is 32.1. The van der Waals surface area contributed by atoms with Crippen LogP contribution in [0.2, 0.25) is 0 Å². The molecule has 0 atom stereocenters. The van der Waals surface area contributed by atoms with Crippen LogP contribution in [-0.4, -0.2) is 31.9 Å². The van der Waals surface area contributed by atoms with E-state index in [2.05, 4.69) is 26.0 Å². The van der Waals surface area contributed by atoms with Crippen LogP contribution < -0.4 is 0 Å². The number of thiazole rings is 1. The fourth-order valence-electron chi connectivity index (χ4n) is 2.68. The molecule has 4 rings (SSSR count). The lowest BCUT2D eigenvalue weighted by Gasteiger charge is -2.28. The molecule has 0 aliphatic carbocycles. The van der Waals surface area contributed by atoms with Gasteiger partial charge in [-0.15, -0.1) is 22.7 Å². The molecule has 0 N–H and O–H groups in total. The van der Waals surface area contributed by atoms with E-state index in [0.717, 1.165) is 23.1 Å². The molecule has 0 fully saturated rings. The molecule has 22 heavy (non-hydrogen) atoms. The van der Waals surface area contributed by atoms with E-state index < -0.39 is 0 Å². The zero-order valence-corrected chi connectivity index (χ0v) is 13.7. The second kappa shape index (κ2) is 5.33. The fourth-order valence-corrected chi connectivity index (χ4v) is 4.01. The summed E-state index contributed by atoms with van der Waals surface area (Å²) in [5.74, 6) is 0.936. The summed E-state index contributed by atoms with van der Waals surface area (Å²) < 4.78 is 2.21. The van der Waals surface area contributed by atoms with Crippen LogP contribution in [0.5, 0.6) is 0 Å². The Labute approximate surface area is 135 Å². The van der Waals surface area contributed by atoms with Gasteiger partial charge in [-0.2, -0.15) is 0 Å². The number of carbonyl (C=O) groups excluding carboxylic acids is 1. The molecule has 0 spiro atoms. The van der Waals surface area contributed by atoms with Crippen molar-refractivity contribution in [1.82, 2.24) is 19.4 Å². The Bertz CT molecular complexity index is 819. The molecule has 0 saturated heterocycles. The minimum atomic E-state index is -0.00345. The maximum Gasteiger partial charge on any atom is 0.273 e. The van der Waals surface area contributed by atoms with E-state index in [1.807, 2.05) is 29.5 Å². The number of carbonyl (C=O) groups is 1.